The van der Waals surface area contributed by atoms with Gasteiger partial charge in [-0.05, 0) is 49.8 Å². The molecule has 0 bridgehead atoms. The van der Waals surface area contributed by atoms with Crippen molar-refractivity contribution < 1.29 is 4.79 Å². The van der Waals surface area contributed by atoms with Gasteiger partial charge in [-0.1, -0.05) is 50.8 Å². The van der Waals surface area contributed by atoms with E-state index in [1.165, 1.54) is 11.8 Å². The summed E-state index contributed by atoms with van der Waals surface area (Å²) in [4.78, 5) is 35.8. The van der Waals surface area contributed by atoms with Crippen molar-refractivity contribution in [2.45, 2.75) is 46.6 Å². The average molecular weight is 457 g/mol. The molecule has 2 fully saturated rings. The number of anilines is 1. The Balaban J connectivity index is 1.86. The maximum atomic E-state index is 13.5. The number of carbonyl (C=O) groups excluding carboxylic acids is 1. The minimum Gasteiger partial charge on any atom is -0.355 e. The lowest BCUT2D eigenvalue weighted by molar-refractivity contribution is -0.123. The Morgan fingerprint density at radius 1 is 1.26 bits per heavy atom. The number of aromatic nitrogens is 2. The van der Waals surface area contributed by atoms with Crippen LogP contribution in [0.2, 0.25) is 0 Å². The predicted molar refractivity (Wildman–Crippen MR) is 131 cm³/mol. The van der Waals surface area contributed by atoms with Crippen molar-refractivity contribution >= 4 is 51.7 Å². The number of amides is 1. The van der Waals surface area contributed by atoms with Crippen LogP contribution in [0.25, 0.3) is 11.7 Å². The summed E-state index contributed by atoms with van der Waals surface area (Å²) in [5.74, 6) is 1.55. The van der Waals surface area contributed by atoms with Crippen molar-refractivity contribution in [2.24, 2.45) is 11.8 Å². The zero-order chi connectivity index (χ0) is 22.3. The summed E-state index contributed by atoms with van der Waals surface area (Å²) in [6, 6.07) is 5.56. The molecule has 0 N–H and O–H groups in total. The van der Waals surface area contributed by atoms with E-state index in [-0.39, 0.29) is 17.5 Å². The summed E-state index contributed by atoms with van der Waals surface area (Å²) in [5, 5.41) is 0. The van der Waals surface area contributed by atoms with E-state index in [0.717, 1.165) is 25.9 Å². The van der Waals surface area contributed by atoms with Crippen LogP contribution in [0.15, 0.2) is 34.1 Å². The minimum atomic E-state index is -0.166. The van der Waals surface area contributed by atoms with Gasteiger partial charge in [0.1, 0.15) is 15.8 Å². The second-order valence-corrected chi connectivity index (χ2v) is 10.4. The number of thiocarbonyl (C=S) groups is 1. The van der Waals surface area contributed by atoms with Crippen molar-refractivity contribution in [3.8, 4) is 0 Å². The van der Waals surface area contributed by atoms with E-state index < -0.39 is 0 Å². The van der Waals surface area contributed by atoms with E-state index >= 15 is 0 Å². The van der Waals surface area contributed by atoms with Gasteiger partial charge in [0.05, 0.1) is 10.5 Å². The molecule has 0 unspecified atom stereocenters. The monoisotopic (exact) mass is 456 g/mol. The van der Waals surface area contributed by atoms with E-state index in [1.54, 1.807) is 21.6 Å². The van der Waals surface area contributed by atoms with E-state index in [0.29, 0.717) is 38.1 Å². The van der Waals surface area contributed by atoms with Gasteiger partial charge >= 0.3 is 0 Å². The van der Waals surface area contributed by atoms with E-state index in [9.17, 15) is 9.59 Å². The highest BCUT2D eigenvalue weighted by Crippen LogP contribution is 2.36. The van der Waals surface area contributed by atoms with Crippen LogP contribution in [-0.4, -0.2) is 43.6 Å². The van der Waals surface area contributed by atoms with Gasteiger partial charge < -0.3 is 4.90 Å². The van der Waals surface area contributed by atoms with Gasteiger partial charge in [0, 0.05) is 25.3 Å². The zero-order valence-electron chi connectivity index (χ0n) is 18.4. The van der Waals surface area contributed by atoms with Gasteiger partial charge in [-0.15, -0.1) is 0 Å². The van der Waals surface area contributed by atoms with E-state index in [1.807, 2.05) is 32.0 Å². The lowest BCUT2D eigenvalue weighted by atomic mass is 9.91. The quantitative estimate of drug-likeness (QED) is 0.508. The molecule has 6 nitrogen and oxygen atoms in total. The number of pyridine rings is 1. The first-order valence-electron chi connectivity index (χ1n) is 10.8. The van der Waals surface area contributed by atoms with E-state index in [4.69, 9.17) is 17.2 Å². The van der Waals surface area contributed by atoms with Gasteiger partial charge in [0.15, 0.2) is 0 Å². The number of nitrogens with zero attached hydrogens (tertiary/aromatic N) is 4. The van der Waals surface area contributed by atoms with Crippen molar-refractivity contribution in [1.29, 1.82) is 0 Å². The first-order valence-corrected chi connectivity index (χ1v) is 12.1. The third-order valence-corrected chi connectivity index (χ3v) is 7.38. The number of fused-ring (bicyclic) bond motifs is 1. The molecular weight excluding hydrogens is 428 g/mol. The normalized spacial score (nSPS) is 24.5. The molecule has 2 aromatic rings. The average Bonchev–Trinajstić information content (AvgIpc) is 3.01. The standard InChI is InChI=1S/C23H28N4O2S2/c1-5-16(4)27-22(29)18(31-23(27)30)11-17-20(25-12-14(2)10-15(3)13-25)24-19-8-6-7-9-26(19)21(17)28/h6-9,11,14-16H,5,10,12-13H2,1-4H3/b18-11-/t14-,15-,16-/m1/s1. The van der Waals surface area contributed by atoms with Crippen LogP contribution < -0.4 is 10.5 Å². The van der Waals surface area contributed by atoms with Crippen LogP contribution in [0.3, 0.4) is 0 Å². The highest BCUT2D eigenvalue weighted by molar-refractivity contribution is 8.26. The lowest BCUT2D eigenvalue weighted by Gasteiger charge is -2.36. The molecule has 0 saturated carbocycles. The SMILES string of the molecule is CC[C@@H](C)N1C(=O)/C(=C/c2c(N3C[C@H](C)C[C@@H](C)C3)nc3ccccn3c2=O)SC1=S. The van der Waals surface area contributed by atoms with Gasteiger partial charge in [0.2, 0.25) is 0 Å². The van der Waals surface area contributed by atoms with Crippen molar-refractivity contribution in [1.82, 2.24) is 14.3 Å². The Morgan fingerprint density at radius 2 is 1.97 bits per heavy atom. The predicted octanol–water partition coefficient (Wildman–Crippen LogP) is 4.18. The maximum absolute atomic E-state index is 13.5. The number of thioether (sulfide) groups is 1. The maximum Gasteiger partial charge on any atom is 0.267 e. The molecule has 4 rings (SSSR count). The molecule has 0 aliphatic carbocycles. The topological polar surface area (TPSA) is 57.9 Å². The number of hydrogen-bond donors (Lipinski definition) is 0. The molecule has 0 radical (unpaired) electrons. The molecule has 8 heteroatoms. The number of hydrogen-bond acceptors (Lipinski definition) is 6. The molecule has 31 heavy (non-hydrogen) atoms. The fourth-order valence-corrected chi connectivity index (χ4v) is 5.91. The van der Waals surface area contributed by atoms with Crippen molar-refractivity contribution in [2.75, 3.05) is 18.0 Å². The Labute approximate surface area is 192 Å². The summed E-state index contributed by atoms with van der Waals surface area (Å²) < 4.78 is 2.09. The lowest BCUT2D eigenvalue weighted by Crippen LogP contribution is -2.40. The van der Waals surface area contributed by atoms with E-state index in [2.05, 4.69) is 18.7 Å². The first kappa shape index (κ1) is 22.0. The van der Waals surface area contributed by atoms with Crippen LogP contribution in [-0.2, 0) is 4.79 Å². The van der Waals surface area contributed by atoms with Crippen LogP contribution in [0, 0.1) is 11.8 Å². The van der Waals surface area contributed by atoms with Crippen LogP contribution >= 0.6 is 24.0 Å². The minimum absolute atomic E-state index is 0.0255. The Bertz CT molecular complexity index is 1120. The molecule has 2 saturated heterocycles. The van der Waals surface area contributed by atoms with Gasteiger partial charge in [-0.3, -0.25) is 18.9 Å². The molecule has 4 heterocycles. The fourth-order valence-electron chi connectivity index (χ4n) is 4.47. The summed E-state index contributed by atoms with van der Waals surface area (Å²) >= 11 is 6.74. The van der Waals surface area contributed by atoms with Crippen LogP contribution in [0.1, 0.15) is 46.1 Å². The number of piperidine rings is 1. The second-order valence-electron chi connectivity index (χ2n) is 8.74. The highest BCUT2D eigenvalue weighted by Gasteiger charge is 2.35. The largest absolute Gasteiger partial charge is 0.355 e. The third kappa shape index (κ3) is 4.15. The van der Waals surface area contributed by atoms with Crippen molar-refractivity contribution in [3.63, 3.8) is 0 Å². The Hall–Kier alpha value is -2.19. The zero-order valence-corrected chi connectivity index (χ0v) is 20.0. The molecule has 2 aromatic heterocycles. The molecule has 1 amide bonds. The molecular formula is C23H28N4O2S2. The third-order valence-electron chi connectivity index (χ3n) is 6.05. The number of rotatable bonds is 4. The second kappa shape index (κ2) is 8.74. The molecule has 0 spiro atoms. The van der Waals surface area contributed by atoms with Gasteiger partial charge in [-0.2, -0.15) is 0 Å². The fraction of sp³-hybridized carbons (Fsp3) is 0.478. The summed E-state index contributed by atoms with van der Waals surface area (Å²) in [6.45, 7) is 10.2. The molecule has 3 atom stereocenters. The molecule has 164 valence electrons. The smallest absolute Gasteiger partial charge is 0.267 e. The molecule has 0 aromatic carbocycles. The molecule has 2 aliphatic rings. The van der Waals surface area contributed by atoms with Gasteiger partial charge in [0.25, 0.3) is 11.5 Å². The highest BCUT2D eigenvalue weighted by atomic mass is 32.2. The summed E-state index contributed by atoms with van der Waals surface area (Å²) in [5.41, 5.74) is 0.896. The summed E-state index contributed by atoms with van der Waals surface area (Å²) in [6.07, 6.45) is 5.40. The summed E-state index contributed by atoms with van der Waals surface area (Å²) in [7, 11) is 0. The number of carbonyl (C=O) groups is 1. The van der Waals surface area contributed by atoms with Gasteiger partial charge in [-0.25, -0.2) is 4.98 Å². The Kier molecular flexibility index (Phi) is 6.21. The Morgan fingerprint density at radius 3 is 2.65 bits per heavy atom. The van der Waals surface area contributed by atoms with Crippen LogP contribution in [0.5, 0.6) is 0 Å². The molecule has 2 aliphatic heterocycles. The van der Waals surface area contributed by atoms with Crippen molar-refractivity contribution in [3.05, 3.63) is 45.2 Å². The first-order chi connectivity index (χ1) is 14.8. The van der Waals surface area contributed by atoms with Crippen LogP contribution in [0.4, 0.5) is 5.82 Å².